The van der Waals surface area contributed by atoms with Crippen LogP contribution in [0.15, 0.2) is 82.9 Å². The third kappa shape index (κ3) is 5.31. The second-order valence-corrected chi connectivity index (χ2v) is 19.1. The summed E-state index contributed by atoms with van der Waals surface area (Å²) in [7, 11) is -4.09. The molecule has 15 heteroatoms. The summed E-state index contributed by atoms with van der Waals surface area (Å²) in [5.41, 5.74) is 7.22. The summed E-state index contributed by atoms with van der Waals surface area (Å²) in [6.07, 6.45) is 21.9. The lowest BCUT2D eigenvalue weighted by Gasteiger charge is -2.42. The fourth-order valence-corrected chi connectivity index (χ4v) is 13.6. The average molecular weight is 777 g/mol. The Labute approximate surface area is 330 Å². The maximum Gasteiger partial charge on any atom is 0.599 e. The zero-order valence-electron chi connectivity index (χ0n) is 31.9. The van der Waals surface area contributed by atoms with Crippen LogP contribution in [-0.4, -0.2) is 75.8 Å². The number of aromatic amines is 1. The first-order valence-electron chi connectivity index (χ1n) is 21.0. The normalized spacial score (nSPS) is 23.3. The SMILES string of the molecule is C1=NC2=C(CC1)C1=NC3c4ncccc4C4=Nc5[nH]c(c6c5N=CCC6)N=c5c6ncccc6c(n5[Si](OCC5CCCCC5)(OCC5CCCCC5)N43)=NC2=N1. The van der Waals surface area contributed by atoms with E-state index in [0.29, 0.717) is 70.7 Å². The molecule has 0 radical (unpaired) electrons. The summed E-state index contributed by atoms with van der Waals surface area (Å²) in [6, 6.07) is 8.13. The first kappa shape index (κ1) is 33.8. The molecule has 57 heavy (non-hydrogen) atoms. The van der Waals surface area contributed by atoms with Crippen LogP contribution in [0.3, 0.4) is 0 Å². The highest BCUT2D eigenvalue weighted by atomic mass is 28.4. The number of amidine groups is 3. The van der Waals surface area contributed by atoms with Crippen molar-refractivity contribution in [1.29, 1.82) is 0 Å². The van der Waals surface area contributed by atoms with E-state index in [0.717, 1.165) is 90.5 Å². The van der Waals surface area contributed by atoms with E-state index in [4.69, 9.17) is 53.8 Å². The molecule has 1 atom stereocenters. The van der Waals surface area contributed by atoms with Gasteiger partial charge in [-0.15, -0.1) is 0 Å². The molecule has 4 aromatic rings. The Hall–Kier alpha value is -5.25. The molecule has 1 unspecified atom stereocenters. The van der Waals surface area contributed by atoms with Crippen LogP contribution in [0.25, 0.3) is 10.9 Å². The molecule has 12 rings (SSSR count). The Bertz CT molecular complexity index is 2630. The molecule has 288 valence electrons. The Kier molecular flexibility index (Phi) is 7.97. The van der Waals surface area contributed by atoms with E-state index in [1.807, 2.05) is 37.0 Å². The van der Waals surface area contributed by atoms with Crippen molar-refractivity contribution in [1.82, 2.24) is 23.8 Å². The summed E-state index contributed by atoms with van der Waals surface area (Å²) < 4.78 is 20.1. The molecule has 0 spiro atoms. The molecule has 6 bridgehead atoms. The summed E-state index contributed by atoms with van der Waals surface area (Å²) >= 11 is 0. The van der Waals surface area contributed by atoms with Gasteiger partial charge >= 0.3 is 8.88 Å². The lowest BCUT2D eigenvalue weighted by atomic mass is 9.90. The third-order valence-corrected chi connectivity index (χ3v) is 16.1. The van der Waals surface area contributed by atoms with E-state index in [9.17, 15) is 0 Å². The van der Waals surface area contributed by atoms with Gasteiger partial charge in [0.25, 0.3) is 0 Å². The molecule has 14 nitrogen and oxygen atoms in total. The summed E-state index contributed by atoms with van der Waals surface area (Å²) in [6.45, 7) is 1.05. The van der Waals surface area contributed by atoms with Gasteiger partial charge < -0.3 is 13.8 Å². The maximum atomic E-state index is 7.81. The highest BCUT2D eigenvalue weighted by Gasteiger charge is 2.61. The number of aliphatic imine (C=N–C) groups is 5. The van der Waals surface area contributed by atoms with Crippen LogP contribution in [0.4, 0.5) is 17.3 Å². The Morgan fingerprint density at radius 2 is 1.49 bits per heavy atom. The van der Waals surface area contributed by atoms with Gasteiger partial charge in [-0.25, -0.2) is 25.0 Å². The van der Waals surface area contributed by atoms with Crippen LogP contribution in [0.5, 0.6) is 0 Å². The van der Waals surface area contributed by atoms with E-state index >= 15 is 0 Å². The van der Waals surface area contributed by atoms with Crippen molar-refractivity contribution in [2.75, 3.05) is 13.2 Å². The van der Waals surface area contributed by atoms with Crippen molar-refractivity contribution in [2.24, 2.45) is 46.8 Å². The average Bonchev–Trinajstić information content (AvgIpc) is 3.98. The van der Waals surface area contributed by atoms with Gasteiger partial charge in [-0.05, 0) is 87.5 Å². The first-order valence-corrected chi connectivity index (χ1v) is 22.7. The number of aromatic nitrogens is 4. The molecule has 2 saturated carbocycles. The van der Waals surface area contributed by atoms with Gasteiger partial charge in [-0.2, -0.15) is 0 Å². The second-order valence-electron chi connectivity index (χ2n) is 16.5. The van der Waals surface area contributed by atoms with Crippen molar-refractivity contribution < 1.29 is 8.85 Å². The van der Waals surface area contributed by atoms with Gasteiger partial charge in [0.1, 0.15) is 34.0 Å². The Morgan fingerprint density at radius 3 is 2.32 bits per heavy atom. The van der Waals surface area contributed by atoms with E-state index < -0.39 is 15.0 Å². The summed E-state index contributed by atoms with van der Waals surface area (Å²) in [4.78, 5) is 51.1. The maximum absolute atomic E-state index is 7.81. The number of rotatable bonds is 6. The third-order valence-electron chi connectivity index (χ3n) is 12.9. The minimum Gasteiger partial charge on any atom is -0.361 e. The lowest BCUT2D eigenvalue weighted by molar-refractivity contribution is 0.0673. The van der Waals surface area contributed by atoms with Crippen LogP contribution >= 0.6 is 0 Å². The van der Waals surface area contributed by atoms with Gasteiger partial charge in [0.15, 0.2) is 29.1 Å². The Morgan fingerprint density at radius 1 is 0.737 bits per heavy atom. The number of nitrogens with zero attached hydrogens (tertiary/aromatic N) is 11. The number of H-pyrrole nitrogens is 1. The summed E-state index contributed by atoms with van der Waals surface area (Å²) in [5.74, 6) is 3.97. The lowest BCUT2D eigenvalue weighted by Crippen LogP contribution is -2.70. The van der Waals surface area contributed by atoms with Crippen molar-refractivity contribution in [3.8, 4) is 0 Å². The molecule has 10 heterocycles. The minimum absolute atomic E-state index is 0.385. The largest absolute Gasteiger partial charge is 0.599 e. The molecule has 0 saturated heterocycles. The van der Waals surface area contributed by atoms with Crippen molar-refractivity contribution in [3.63, 3.8) is 0 Å². The van der Waals surface area contributed by atoms with Gasteiger partial charge in [0, 0.05) is 60.1 Å². The smallest absolute Gasteiger partial charge is 0.361 e. The number of pyridine rings is 2. The monoisotopic (exact) mass is 776 g/mol. The Balaban J connectivity index is 1.24. The molecule has 8 aliphatic rings. The quantitative estimate of drug-likeness (QED) is 0.213. The van der Waals surface area contributed by atoms with E-state index in [1.54, 1.807) is 0 Å². The molecule has 1 N–H and O–H groups in total. The van der Waals surface area contributed by atoms with Crippen molar-refractivity contribution in [3.05, 3.63) is 75.7 Å². The first-order chi connectivity index (χ1) is 28.2. The van der Waals surface area contributed by atoms with Gasteiger partial charge in [-0.1, -0.05) is 38.5 Å². The second kappa shape index (κ2) is 13.4. The standard InChI is InChI=1S/C42H44N12O2Si/c1-3-11-25(12-4-1)23-55-57(56-24-26-13-5-2-6-14-26)53-40-29-17-9-21-45-33(29)41(53)49-35-27-15-7-19-43-31(27)37(47-35)51-39-30-18-10-22-46-34(30)42(54(39)57)50-36-28-16-8-20-44-32(28)38(48-36)52-40/h9-10,17-22,25-26,41,48H,1-8,11-16,23-24H2. The molecule has 0 aromatic carbocycles. The van der Waals surface area contributed by atoms with Gasteiger partial charge in [0.05, 0.1) is 5.69 Å². The molecule has 2 fully saturated rings. The van der Waals surface area contributed by atoms with Gasteiger partial charge in [-0.3, -0.25) is 28.8 Å². The van der Waals surface area contributed by atoms with Gasteiger partial charge in [0.2, 0.25) is 0 Å². The predicted molar refractivity (Wildman–Crippen MR) is 220 cm³/mol. The van der Waals surface area contributed by atoms with Crippen LogP contribution in [0.2, 0.25) is 0 Å². The molecule has 2 aliphatic carbocycles. The van der Waals surface area contributed by atoms with E-state index in [2.05, 4.69) is 25.9 Å². The zero-order chi connectivity index (χ0) is 37.5. The number of hydrogen-bond donors (Lipinski definition) is 1. The van der Waals surface area contributed by atoms with Crippen LogP contribution in [0, 0.1) is 11.8 Å². The molecule has 6 aliphatic heterocycles. The van der Waals surface area contributed by atoms with Crippen LogP contribution < -0.4 is 11.0 Å². The number of fused-ring (bicyclic) bond motifs is 14. The van der Waals surface area contributed by atoms with Crippen molar-refractivity contribution in [2.45, 2.75) is 96.1 Å². The molecule has 4 aromatic heterocycles. The highest BCUT2D eigenvalue weighted by molar-refractivity contribution is 6.66. The molecular weight excluding hydrogens is 733 g/mol. The van der Waals surface area contributed by atoms with Crippen molar-refractivity contribution >= 4 is 67.0 Å². The van der Waals surface area contributed by atoms with Crippen LogP contribution in [0.1, 0.15) is 106 Å². The topological polar surface area (TPSA) is 155 Å². The summed E-state index contributed by atoms with van der Waals surface area (Å²) in [5, 5.41) is 0.842. The van der Waals surface area contributed by atoms with Crippen LogP contribution in [-0.2, 0) is 15.3 Å². The fraction of sp³-hybridized carbons (Fsp3) is 0.452. The zero-order valence-corrected chi connectivity index (χ0v) is 32.9. The number of nitrogens with one attached hydrogen (secondary N) is 1. The molecular formula is C42H44N12O2Si. The number of hydrogen-bond acceptors (Lipinski definition) is 12. The highest BCUT2D eigenvalue weighted by Crippen LogP contribution is 2.46. The molecule has 0 amide bonds. The fourth-order valence-electron chi connectivity index (χ4n) is 10.1. The minimum atomic E-state index is -4.09. The van der Waals surface area contributed by atoms with E-state index in [-0.39, 0.29) is 0 Å². The van der Waals surface area contributed by atoms with E-state index in [1.165, 1.54) is 38.5 Å². The predicted octanol–water partition coefficient (Wildman–Crippen LogP) is 6.81.